The Kier molecular flexibility index (Phi) is 3.99. The van der Waals surface area contributed by atoms with Crippen LogP contribution in [0.2, 0.25) is 0 Å². The van der Waals surface area contributed by atoms with Crippen LogP contribution in [-0.2, 0) is 0 Å². The van der Waals surface area contributed by atoms with Crippen LogP contribution in [0.3, 0.4) is 0 Å². The molecule has 150 valence electrons. The zero-order valence-corrected chi connectivity index (χ0v) is 17.1. The van der Waals surface area contributed by atoms with E-state index in [0.29, 0.717) is 0 Å². The summed E-state index contributed by atoms with van der Waals surface area (Å²) in [5.41, 5.74) is 8.51. The second kappa shape index (κ2) is 6.99. The van der Waals surface area contributed by atoms with Crippen molar-refractivity contribution in [3.05, 3.63) is 108 Å². The van der Waals surface area contributed by atoms with E-state index in [9.17, 15) is 0 Å². The van der Waals surface area contributed by atoms with Gasteiger partial charge in [-0.1, -0.05) is 66.7 Å². The molecule has 1 unspecified atom stereocenters. The van der Waals surface area contributed by atoms with Crippen LogP contribution in [0.15, 0.2) is 97.2 Å². The normalized spacial score (nSPS) is 14.5. The van der Waals surface area contributed by atoms with Gasteiger partial charge in [-0.3, -0.25) is 0 Å². The van der Waals surface area contributed by atoms with E-state index in [0.717, 1.165) is 45.1 Å². The van der Waals surface area contributed by atoms with Gasteiger partial charge in [-0.15, -0.1) is 0 Å². The molecular formula is C26H21N5. The van der Waals surface area contributed by atoms with Crippen LogP contribution in [0.1, 0.15) is 17.4 Å². The molecule has 0 fully saturated rings. The number of nitrogens with one attached hydrogen (secondary N) is 1. The lowest BCUT2D eigenvalue weighted by molar-refractivity contribution is 0.572. The first-order valence-electron chi connectivity index (χ1n) is 10.4. The highest BCUT2D eigenvalue weighted by molar-refractivity contribution is 5.79. The molecule has 31 heavy (non-hydrogen) atoms. The maximum Gasteiger partial charge on any atom is 0.151 e. The Bertz CT molecular complexity index is 1370. The van der Waals surface area contributed by atoms with Crippen molar-refractivity contribution in [3.63, 3.8) is 0 Å². The van der Waals surface area contributed by atoms with Crippen molar-refractivity contribution < 1.29 is 0 Å². The van der Waals surface area contributed by atoms with Crippen molar-refractivity contribution in [2.75, 3.05) is 5.32 Å². The van der Waals surface area contributed by atoms with Gasteiger partial charge in [-0.05, 0) is 31.2 Å². The predicted molar refractivity (Wildman–Crippen MR) is 123 cm³/mol. The fourth-order valence-electron chi connectivity index (χ4n) is 4.29. The average molecular weight is 403 g/mol. The first-order valence-corrected chi connectivity index (χ1v) is 10.4. The molecule has 0 amide bonds. The summed E-state index contributed by atoms with van der Waals surface area (Å²) in [5.74, 6) is 0. The van der Waals surface area contributed by atoms with Crippen molar-refractivity contribution >= 4 is 5.69 Å². The number of hydrogen-bond acceptors (Lipinski definition) is 3. The molecule has 0 saturated carbocycles. The first-order chi connectivity index (χ1) is 15.3. The van der Waals surface area contributed by atoms with E-state index in [2.05, 4.69) is 70.8 Å². The number of benzene rings is 3. The topological polar surface area (TPSA) is 47.7 Å². The summed E-state index contributed by atoms with van der Waals surface area (Å²) in [6.45, 7) is 2.04. The molecule has 1 atom stereocenters. The van der Waals surface area contributed by atoms with Gasteiger partial charge in [0.05, 0.1) is 22.8 Å². The van der Waals surface area contributed by atoms with E-state index >= 15 is 0 Å². The van der Waals surface area contributed by atoms with Crippen molar-refractivity contribution in [3.8, 4) is 28.2 Å². The van der Waals surface area contributed by atoms with Gasteiger partial charge in [-0.2, -0.15) is 10.2 Å². The van der Waals surface area contributed by atoms with Gasteiger partial charge in [0.25, 0.3) is 0 Å². The van der Waals surface area contributed by atoms with Gasteiger partial charge in [0, 0.05) is 28.6 Å². The molecule has 2 aromatic heterocycles. The summed E-state index contributed by atoms with van der Waals surface area (Å²) in [6.07, 6.45) is 1.95. The number of anilines is 1. The van der Waals surface area contributed by atoms with Gasteiger partial charge in [0.15, 0.2) is 6.17 Å². The molecular weight excluding hydrogens is 382 g/mol. The molecule has 5 heteroatoms. The number of rotatable bonds is 3. The fraction of sp³-hybridized carbons (Fsp3) is 0.0769. The molecule has 0 bridgehead atoms. The smallest absolute Gasteiger partial charge is 0.151 e. The highest BCUT2D eigenvalue weighted by Gasteiger charge is 2.30. The van der Waals surface area contributed by atoms with Crippen molar-refractivity contribution in [1.82, 2.24) is 19.6 Å². The molecule has 1 aliphatic heterocycles. The summed E-state index contributed by atoms with van der Waals surface area (Å²) < 4.78 is 4.03. The minimum Gasteiger partial charge on any atom is -0.359 e. The largest absolute Gasteiger partial charge is 0.359 e. The van der Waals surface area contributed by atoms with Crippen LogP contribution < -0.4 is 5.32 Å². The lowest BCUT2D eigenvalue weighted by Crippen LogP contribution is -2.25. The van der Waals surface area contributed by atoms with E-state index < -0.39 is 0 Å². The van der Waals surface area contributed by atoms with E-state index in [1.165, 1.54) is 0 Å². The molecule has 0 saturated heterocycles. The Balaban J connectivity index is 1.57. The van der Waals surface area contributed by atoms with Crippen LogP contribution in [0, 0.1) is 6.92 Å². The Morgan fingerprint density at radius 2 is 1.52 bits per heavy atom. The maximum absolute atomic E-state index is 5.00. The molecule has 0 aliphatic carbocycles. The van der Waals surface area contributed by atoms with Crippen LogP contribution in [-0.4, -0.2) is 19.6 Å². The molecule has 1 aliphatic rings. The molecule has 6 rings (SSSR count). The number of fused-ring (bicyclic) bond motifs is 3. The lowest BCUT2D eigenvalue weighted by Gasteiger charge is -2.29. The molecule has 0 spiro atoms. The predicted octanol–water partition coefficient (Wildman–Crippen LogP) is 5.68. The summed E-state index contributed by atoms with van der Waals surface area (Å²) >= 11 is 0. The highest BCUT2D eigenvalue weighted by atomic mass is 15.4. The van der Waals surface area contributed by atoms with Gasteiger partial charge in [0.2, 0.25) is 0 Å². The second-order valence-corrected chi connectivity index (χ2v) is 7.79. The number of nitrogens with zero attached hydrogens (tertiary/aromatic N) is 4. The zero-order chi connectivity index (χ0) is 20.8. The Morgan fingerprint density at radius 1 is 0.806 bits per heavy atom. The molecule has 0 radical (unpaired) electrons. The van der Waals surface area contributed by atoms with E-state index in [4.69, 9.17) is 10.2 Å². The van der Waals surface area contributed by atoms with Crippen LogP contribution in [0.25, 0.3) is 28.2 Å². The Morgan fingerprint density at radius 3 is 2.32 bits per heavy atom. The molecule has 5 nitrogen and oxygen atoms in total. The van der Waals surface area contributed by atoms with Gasteiger partial charge < -0.3 is 5.32 Å². The third-order valence-electron chi connectivity index (χ3n) is 5.70. The minimum atomic E-state index is -0.161. The van der Waals surface area contributed by atoms with Gasteiger partial charge >= 0.3 is 0 Å². The molecule has 3 aromatic carbocycles. The van der Waals surface area contributed by atoms with Gasteiger partial charge in [-0.25, -0.2) is 9.36 Å². The number of hydrogen-bond donors (Lipinski definition) is 1. The zero-order valence-electron chi connectivity index (χ0n) is 17.1. The number of aryl methyl sites for hydroxylation is 1. The third-order valence-corrected chi connectivity index (χ3v) is 5.70. The lowest BCUT2D eigenvalue weighted by atomic mass is 10.0. The standard InChI is InChI=1S/C26H21N5/c1-18-16-24-21-14-8-9-15-23(21)27-26(31(24)28-18)22-17-30(20-12-6-3-7-13-20)29-25(22)19-10-4-2-5-11-19/h2-17,26-27H,1H3. The fourth-order valence-corrected chi connectivity index (χ4v) is 4.29. The number of aromatic nitrogens is 4. The van der Waals surface area contributed by atoms with E-state index in [1.54, 1.807) is 0 Å². The monoisotopic (exact) mass is 403 g/mol. The Hall–Kier alpha value is -4.12. The molecule has 5 aromatic rings. The maximum atomic E-state index is 5.00. The second-order valence-electron chi connectivity index (χ2n) is 7.79. The van der Waals surface area contributed by atoms with Gasteiger partial charge in [0.1, 0.15) is 0 Å². The van der Waals surface area contributed by atoms with Crippen LogP contribution in [0.5, 0.6) is 0 Å². The number of para-hydroxylation sites is 2. The van der Waals surface area contributed by atoms with Crippen molar-refractivity contribution in [1.29, 1.82) is 0 Å². The quantitative estimate of drug-likeness (QED) is 0.421. The summed E-state index contributed by atoms with van der Waals surface area (Å²) in [7, 11) is 0. The summed E-state index contributed by atoms with van der Waals surface area (Å²) in [4.78, 5) is 0. The van der Waals surface area contributed by atoms with Crippen LogP contribution >= 0.6 is 0 Å². The van der Waals surface area contributed by atoms with E-state index in [1.807, 2.05) is 48.0 Å². The Labute approximate surface area is 180 Å². The molecule has 3 heterocycles. The molecule has 1 N–H and O–H groups in total. The van der Waals surface area contributed by atoms with Crippen molar-refractivity contribution in [2.45, 2.75) is 13.1 Å². The highest BCUT2D eigenvalue weighted by Crippen LogP contribution is 2.40. The minimum absolute atomic E-state index is 0.161. The third kappa shape index (κ3) is 2.94. The first kappa shape index (κ1) is 17.7. The van der Waals surface area contributed by atoms with Crippen molar-refractivity contribution in [2.24, 2.45) is 0 Å². The van der Waals surface area contributed by atoms with E-state index in [-0.39, 0.29) is 6.17 Å². The van der Waals surface area contributed by atoms with Crippen LogP contribution in [0.4, 0.5) is 5.69 Å². The summed E-state index contributed by atoms with van der Waals surface area (Å²) in [6, 6.07) is 31.1. The average Bonchev–Trinajstić information content (AvgIpc) is 3.44. The summed E-state index contributed by atoms with van der Waals surface area (Å²) in [5, 5.41) is 13.5. The SMILES string of the molecule is Cc1cc2n(n1)C(c1cn(-c3ccccc3)nc1-c1ccccc1)Nc1ccccc1-2.